The highest BCUT2D eigenvalue weighted by Gasteiger charge is 2.39. The van der Waals surface area contributed by atoms with Crippen molar-refractivity contribution in [1.29, 1.82) is 0 Å². The van der Waals surface area contributed by atoms with Crippen molar-refractivity contribution in [2.75, 3.05) is 25.5 Å². The van der Waals surface area contributed by atoms with Crippen LogP contribution < -0.4 is 15.4 Å². The van der Waals surface area contributed by atoms with Crippen LogP contribution in [0.25, 0.3) is 0 Å². The van der Waals surface area contributed by atoms with E-state index in [1.54, 1.807) is 7.11 Å². The zero-order chi connectivity index (χ0) is 16.8. The Hall–Kier alpha value is -2.08. The van der Waals surface area contributed by atoms with Crippen LogP contribution in [0.2, 0.25) is 0 Å². The van der Waals surface area contributed by atoms with Crippen LogP contribution in [0.15, 0.2) is 54.6 Å². The lowest BCUT2D eigenvalue weighted by Crippen LogP contribution is -2.51. The Bertz CT molecular complexity index is 671. The van der Waals surface area contributed by atoms with E-state index in [9.17, 15) is 4.79 Å². The molecule has 6 heteroatoms. The number of hydrogen-bond acceptors (Lipinski definition) is 4. The van der Waals surface area contributed by atoms with E-state index in [-0.39, 0.29) is 18.3 Å². The molecule has 0 atom stereocenters. The van der Waals surface area contributed by atoms with E-state index in [0.717, 1.165) is 30.3 Å². The van der Waals surface area contributed by atoms with Crippen molar-refractivity contribution < 1.29 is 14.3 Å². The molecule has 0 spiro atoms. The Morgan fingerprint density at radius 2 is 1.60 bits per heavy atom. The van der Waals surface area contributed by atoms with Crippen LogP contribution >= 0.6 is 12.4 Å². The van der Waals surface area contributed by atoms with Gasteiger partial charge in [0.2, 0.25) is 0 Å². The number of piperidine rings is 1. The van der Waals surface area contributed by atoms with Crippen LogP contribution in [0.1, 0.15) is 12.8 Å². The van der Waals surface area contributed by atoms with Crippen molar-refractivity contribution in [3.8, 4) is 11.5 Å². The Balaban J connectivity index is 0.00000225. The number of hydrogen-bond donors (Lipinski definition) is 2. The third-order valence-electron chi connectivity index (χ3n) is 4.31. The van der Waals surface area contributed by atoms with Gasteiger partial charge >= 0.3 is 0 Å². The van der Waals surface area contributed by atoms with E-state index >= 15 is 0 Å². The minimum atomic E-state index is -0.746. The number of para-hydroxylation sites is 1. The minimum Gasteiger partial charge on any atom is -0.457 e. The third kappa shape index (κ3) is 4.72. The summed E-state index contributed by atoms with van der Waals surface area (Å²) in [6, 6.07) is 16.9. The predicted molar refractivity (Wildman–Crippen MR) is 101 cm³/mol. The lowest BCUT2D eigenvalue weighted by atomic mass is 9.91. The van der Waals surface area contributed by atoms with Crippen molar-refractivity contribution in [3.05, 3.63) is 54.6 Å². The number of carbonyl (C=O) groups is 1. The van der Waals surface area contributed by atoms with Crippen molar-refractivity contribution in [3.63, 3.8) is 0 Å². The Morgan fingerprint density at radius 3 is 2.20 bits per heavy atom. The molecule has 5 nitrogen and oxygen atoms in total. The maximum Gasteiger partial charge on any atom is 0.256 e. The maximum absolute atomic E-state index is 12.6. The van der Waals surface area contributed by atoms with Gasteiger partial charge in [0.25, 0.3) is 5.91 Å². The van der Waals surface area contributed by atoms with Crippen LogP contribution in [0.3, 0.4) is 0 Å². The lowest BCUT2D eigenvalue weighted by Gasteiger charge is -2.34. The van der Waals surface area contributed by atoms with E-state index in [1.165, 1.54) is 0 Å². The number of ether oxygens (including phenoxy) is 2. The Kier molecular flexibility index (Phi) is 6.82. The third-order valence-corrected chi connectivity index (χ3v) is 4.31. The number of carbonyl (C=O) groups excluding carboxylic acids is 1. The first-order valence-electron chi connectivity index (χ1n) is 8.12. The summed E-state index contributed by atoms with van der Waals surface area (Å²) in [5.74, 6) is 1.41. The van der Waals surface area contributed by atoms with Crippen molar-refractivity contribution >= 4 is 24.0 Å². The molecule has 25 heavy (non-hydrogen) atoms. The first kappa shape index (κ1) is 19.2. The van der Waals surface area contributed by atoms with E-state index in [0.29, 0.717) is 12.8 Å². The van der Waals surface area contributed by atoms with Crippen molar-refractivity contribution in [1.82, 2.24) is 5.32 Å². The lowest BCUT2D eigenvalue weighted by molar-refractivity contribution is -0.140. The largest absolute Gasteiger partial charge is 0.457 e. The predicted octanol–water partition coefficient (Wildman–Crippen LogP) is 3.61. The van der Waals surface area contributed by atoms with Gasteiger partial charge in [0.1, 0.15) is 17.1 Å². The van der Waals surface area contributed by atoms with Crippen LogP contribution in [0, 0.1) is 0 Å². The summed E-state index contributed by atoms with van der Waals surface area (Å²) in [5.41, 5.74) is -0.0138. The van der Waals surface area contributed by atoms with Gasteiger partial charge in [-0.15, -0.1) is 12.4 Å². The maximum atomic E-state index is 12.6. The molecule has 1 fully saturated rings. The second kappa shape index (κ2) is 8.85. The normalized spacial score (nSPS) is 15.7. The molecule has 1 aliphatic rings. The average molecular weight is 363 g/mol. The Morgan fingerprint density at radius 1 is 1.00 bits per heavy atom. The molecule has 2 aromatic rings. The molecule has 0 bridgehead atoms. The van der Waals surface area contributed by atoms with E-state index in [2.05, 4.69) is 10.6 Å². The van der Waals surface area contributed by atoms with E-state index < -0.39 is 5.60 Å². The van der Waals surface area contributed by atoms with E-state index in [4.69, 9.17) is 9.47 Å². The van der Waals surface area contributed by atoms with Crippen LogP contribution in [-0.2, 0) is 9.53 Å². The van der Waals surface area contributed by atoms with Crippen LogP contribution in [0.4, 0.5) is 5.69 Å². The molecule has 134 valence electrons. The van der Waals surface area contributed by atoms with Crippen molar-refractivity contribution in [2.24, 2.45) is 0 Å². The van der Waals surface area contributed by atoms with Gasteiger partial charge < -0.3 is 20.1 Å². The molecule has 0 radical (unpaired) electrons. The van der Waals surface area contributed by atoms with Gasteiger partial charge in [-0.05, 0) is 62.3 Å². The van der Waals surface area contributed by atoms with Gasteiger partial charge in [0.05, 0.1) is 0 Å². The number of nitrogens with one attached hydrogen (secondary N) is 2. The number of halogens is 1. The fraction of sp³-hybridized carbons (Fsp3) is 0.316. The molecule has 1 saturated heterocycles. The fourth-order valence-corrected chi connectivity index (χ4v) is 2.83. The van der Waals surface area contributed by atoms with Crippen LogP contribution in [-0.4, -0.2) is 31.7 Å². The standard InChI is InChI=1S/C19H22N2O3.ClH/c1-23-19(11-13-20-14-12-19)18(22)21-15-7-9-17(10-8-15)24-16-5-3-2-4-6-16;/h2-10,20H,11-14H2,1H3,(H,21,22);1H. The summed E-state index contributed by atoms with van der Waals surface area (Å²) < 4.78 is 11.3. The van der Waals surface area contributed by atoms with Gasteiger partial charge in [0, 0.05) is 12.8 Å². The van der Waals surface area contributed by atoms with E-state index in [1.807, 2.05) is 54.6 Å². The minimum absolute atomic E-state index is 0. The fourth-order valence-electron chi connectivity index (χ4n) is 2.83. The SMILES string of the molecule is COC1(C(=O)Nc2ccc(Oc3ccccc3)cc2)CCNCC1.Cl. The highest BCUT2D eigenvalue weighted by molar-refractivity contribution is 5.97. The number of amides is 1. The zero-order valence-electron chi connectivity index (χ0n) is 14.2. The topological polar surface area (TPSA) is 59.6 Å². The monoisotopic (exact) mass is 362 g/mol. The number of benzene rings is 2. The number of anilines is 1. The summed E-state index contributed by atoms with van der Waals surface area (Å²) in [4.78, 5) is 12.6. The van der Waals surface area contributed by atoms with Gasteiger partial charge in [-0.3, -0.25) is 4.79 Å². The summed E-state index contributed by atoms with van der Waals surface area (Å²) in [5, 5.41) is 6.19. The van der Waals surface area contributed by atoms with Crippen LogP contribution in [0.5, 0.6) is 11.5 Å². The summed E-state index contributed by atoms with van der Waals surface area (Å²) >= 11 is 0. The number of rotatable bonds is 5. The molecule has 0 aliphatic carbocycles. The highest BCUT2D eigenvalue weighted by atomic mass is 35.5. The van der Waals surface area contributed by atoms with Gasteiger partial charge in [-0.1, -0.05) is 18.2 Å². The van der Waals surface area contributed by atoms with Crippen molar-refractivity contribution in [2.45, 2.75) is 18.4 Å². The molecule has 0 saturated carbocycles. The number of methoxy groups -OCH3 is 1. The molecule has 1 aliphatic heterocycles. The van der Waals surface area contributed by atoms with Gasteiger partial charge in [-0.2, -0.15) is 0 Å². The molecule has 2 aromatic carbocycles. The molecule has 3 rings (SSSR count). The molecule has 2 N–H and O–H groups in total. The summed E-state index contributed by atoms with van der Waals surface area (Å²) in [6.45, 7) is 1.57. The molecular weight excluding hydrogens is 340 g/mol. The van der Waals surface area contributed by atoms with Gasteiger partial charge in [0.15, 0.2) is 0 Å². The molecular formula is C19H23ClN2O3. The zero-order valence-corrected chi connectivity index (χ0v) is 15.0. The second-order valence-electron chi connectivity index (χ2n) is 5.84. The second-order valence-corrected chi connectivity index (χ2v) is 5.84. The summed E-state index contributed by atoms with van der Waals surface area (Å²) in [6.07, 6.45) is 1.34. The highest BCUT2D eigenvalue weighted by Crippen LogP contribution is 2.26. The molecule has 0 aromatic heterocycles. The average Bonchev–Trinajstić information content (AvgIpc) is 2.64. The molecule has 0 unspecified atom stereocenters. The Labute approximate surface area is 154 Å². The smallest absolute Gasteiger partial charge is 0.256 e. The summed E-state index contributed by atoms with van der Waals surface area (Å²) in [7, 11) is 1.60. The molecule has 1 amide bonds. The first-order chi connectivity index (χ1) is 11.7. The van der Waals surface area contributed by atoms with Gasteiger partial charge in [-0.25, -0.2) is 0 Å². The first-order valence-corrected chi connectivity index (χ1v) is 8.12. The molecule has 1 heterocycles. The quantitative estimate of drug-likeness (QED) is 0.853.